The van der Waals surface area contributed by atoms with Crippen LogP contribution in [0.3, 0.4) is 0 Å². The first-order valence-corrected chi connectivity index (χ1v) is 9.04. The highest BCUT2D eigenvalue weighted by molar-refractivity contribution is 9.09. The Morgan fingerprint density at radius 3 is 2.71 bits per heavy atom. The maximum atomic E-state index is 5.48. The topological polar surface area (TPSA) is 52.8 Å². The van der Waals surface area contributed by atoms with E-state index in [9.17, 15) is 0 Å². The molecule has 0 aliphatic carbocycles. The summed E-state index contributed by atoms with van der Waals surface area (Å²) in [5.74, 6) is 0.995. The maximum Gasteiger partial charge on any atom is 0.214 e. The third-order valence-electron chi connectivity index (χ3n) is 3.79. The van der Waals surface area contributed by atoms with Crippen LogP contribution in [0.2, 0.25) is 0 Å². The van der Waals surface area contributed by atoms with Crippen molar-refractivity contribution in [1.29, 1.82) is 0 Å². The van der Waals surface area contributed by atoms with Gasteiger partial charge in [-0.1, -0.05) is 45.9 Å². The molecule has 1 aromatic heterocycles. The van der Waals surface area contributed by atoms with Crippen LogP contribution in [0, 0.1) is 5.41 Å². The number of alkyl halides is 1. The molecule has 112 valence electrons. The lowest BCUT2D eigenvalue weighted by molar-refractivity contribution is 0.0374. The minimum atomic E-state index is 0.274. The van der Waals surface area contributed by atoms with Crippen molar-refractivity contribution in [2.45, 2.75) is 18.0 Å². The van der Waals surface area contributed by atoms with Crippen LogP contribution in [0.15, 0.2) is 35.5 Å². The van der Waals surface area contributed by atoms with Gasteiger partial charge in [-0.2, -0.15) is 4.68 Å². The molecular weight excluding hydrogens is 352 g/mol. The van der Waals surface area contributed by atoms with Crippen LogP contribution >= 0.6 is 27.7 Å². The summed E-state index contributed by atoms with van der Waals surface area (Å²) in [6.45, 7) is 1.69. The highest BCUT2D eigenvalue weighted by Gasteiger charge is 2.32. The molecule has 1 aromatic carbocycles. The van der Waals surface area contributed by atoms with E-state index in [1.807, 2.05) is 30.3 Å². The van der Waals surface area contributed by atoms with E-state index in [0.29, 0.717) is 0 Å². The Kier molecular flexibility index (Phi) is 4.92. The largest absolute Gasteiger partial charge is 0.381 e. The lowest BCUT2D eigenvalue weighted by Crippen LogP contribution is -2.33. The lowest BCUT2D eigenvalue weighted by Gasteiger charge is -2.35. The van der Waals surface area contributed by atoms with Crippen molar-refractivity contribution >= 4 is 27.7 Å². The molecule has 0 bridgehead atoms. The molecule has 2 heterocycles. The number of halogens is 1. The van der Waals surface area contributed by atoms with Crippen molar-refractivity contribution in [1.82, 2.24) is 20.2 Å². The first-order valence-electron chi connectivity index (χ1n) is 6.93. The highest BCUT2D eigenvalue weighted by atomic mass is 79.9. The van der Waals surface area contributed by atoms with Crippen molar-refractivity contribution in [2.24, 2.45) is 5.41 Å². The number of thioether (sulfide) groups is 1. The van der Waals surface area contributed by atoms with E-state index in [0.717, 1.165) is 48.0 Å². The van der Waals surface area contributed by atoms with E-state index in [1.165, 1.54) is 0 Å². The summed E-state index contributed by atoms with van der Waals surface area (Å²) in [6.07, 6.45) is 2.16. The fraction of sp³-hybridized carbons (Fsp3) is 0.500. The van der Waals surface area contributed by atoms with Crippen LogP contribution in [0.1, 0.15) is 12.8 Å². The molecular formula is C14H17BrN4OS. The van der Waals surface area contributed by atoms with Gasteiger partial charge in [0, 0.05) is 24.3 Å². The highest BCUT2D eigenvalue weighted by Crippen LogP contribution is 2.37. The monoisotopic (exact) mass is 368 g/mol. The molecule has 3 rings (SSSR count). The van der Waals surface area contributed by atoms with Crippen LogP contribution in [0.4, 0.5) is 0 Å². The van der Waals surface area contributed by atoms with E-state index >= 15 is 0 Å². The van der Waals surface area contributed by atoms with Crippen LogP contribution in [0.25, 0.3) is 5.69 Å². The van der Waals surface area contributed by atoms with Gasteiger partial charge in [0.1, 0.15) is 0 Å². The number of ether oxygens (including phenoxy) is 1. The summed E-state index contributed by atoms with van der Waals surface area (Å²) in [7, 11) is 0. The fourth-order valence-electron chi connectivity index (χ4n) is 2.34. The summed E-state index contributed by atoms with van der Waals surface area (Å²) in [6, 6.07) is 9.99. The second kappa shape index (κ2) is 6.89. The molecule has 0 amide bonds. The molecule has 1 aliphatic rings. The number of aromatic nitrogens is 4. The average Bonchev–Trinajstić information content (AvgIpc) is 3.03. The van der Waals surface area contributed by atoms with E-state index in [2.05, 4.69) is 31.5 Å². The zero-order valence-electron chi connectivity index (χ0n) is 11.6. The van der Waals surface area contributed by atoms with E-state index in [1.54, 1.807) is 16.4 Å². The molecule has 0 spiro atoms. The Labute approximate surface area is 136 Å². The van der Waals surface area contributed by atoms with Gasteiger partial charge in [-0.3, -0.25) is 0 Å². The molecule has 5 nitrogen and oxygen atoms in total. The van der Waals surface area contributed by atoms with Gasteiger partial charge in [0.2, 0.25) is 5.16 Å². The minimum absolute atomic E-state index is 0.274. The molecule has 1 fully saturated rings. The lowest BCUT2D eigenvalue weighted by atomic mass is 9.85. The smallest absolute Gasteiger partial charge is 0.214 e. The number of hydrogen-bond acceptors (Lipinski definition) is 5. The first kappa shape index (κ1) is 15.0. The second-order valence-electron chi connectivity index (χ2n) is 5.24. The van der Waals surface area contributed by atoms with Crippen LogP contribution < -0.4 is 0 Å². The van der Waals surface area contributed by atoms with Crippen molar-refractivity contribution in [2.75, 3.05) is 24.3 Å². The zero-order valence-corrected chi connectivity index (χ0v) is 14.0. The fourth-order valence-corrected chi connectivity index (χ4v) is 4.54. The second-order valence-corrected chi connectivity index (χ2v) is 6.75. The molecule has 1 aliphatic heterocycles. The molecule has 0 radical (unpaired) electrons. The molecule has 0 N–H and O–H groups in total. The SMILES string of the molecule is BrCC1(CSc2nnnn2-c2ccccc2)CCOCC1. The quantitative estimate of drug-likeness (QED) is 0.599. The Hall–Kier alpha value is -0.920. The van der Waals surface area contributed by atoms with Gasteiger partial charge in [-0.15, -0.1) is 5.10 Å². The van der Waals surface area contributed by atoms with Crippen LogP contribution in [0.5, 0.6) is 0 Å². The molecule has 21 heavy (non-hydrogen) atoms. The standard InChI is InChI=1S/C14H17BrN4OS/c15-10-14(6-8-20-9-7-14)11-21-13-16-17-18-19(13)12-4-2-1-3-5-12/h1-5H,6-11H2. The molecule has 0 saturated carbocycles. The molecule has 7 heteroatoms. The van der Waals surface area contributed by atoms with E-state index in [4.69, 9.17) is 4.74 Å². The molecule has 0 atom stereocenters. The predicted octanol–water partition coefficient (Wildman–Crippen LogP) is 2.95. The summed E-state index contributed by atoms with van der Waals surface area (Å²) in [5, 5.41) is 13.9. The van der Waals surface area contributed by atoms with Gasteiger partial charge in [0.15, 0.2) is 0 Å². The van der Waals surface area contributed by atoms with E-state index < -0.39 is 0 Å². The number of tetrazole rings is 1. The van der Waals surface area contributed by atoms with Crippen molar-refractivity contribution in [3.63, 3.8) is 0 Å². The first-order chi connectivity index (χ1) is 10.3. The zero-order chi connectivity index (χ0) is 14.5. The van der Waals surface area contributed by atoms with Crippen molar-refractivity contribution < 1.29 is 4.74 Å². The number of nitrogens with zero attached hydrogens (tertiary/aromatic N) is 4. The van der Waals surface area contributed by atoms with Crippen LogP contribution in [-0.4, -0.2) is 44.5 Å². The summed E-state index contributed by atoms with van der Waals surface area (Å²) in [4.78, 5) is 0. The Balaban J connectivity index is 1.73. The number of rotatable bonds is 5. The summed E-state index contributed by atoms with van der Waals surface area (Å²) < 4.78 is 7.28. The molecule has 0 unspecified atom stereocenters. The van der Waals surface area contributed by atoms with Gasteiger partial charge in [0.25, 0.3) is 0 Å². The van der Waals surface area contributed by atoms with Crippen molar-refractivity contribution in [3.05, 3.63) is 30.3 Å². The van der Waals surface area contributed by atoms with Gasteiger partial charge in [0.05, 0.1) is 5.69 Å². The Bertz CT molecular complexity index is 571. The van der Waals surface area contributed by atoms with Crippen LogP contribution in [-0.2, 0) is 4.74 Å². The average molecular weight is 369 g/mol. The normalized spacial score (nSPS) is 17.8. The van der Waals surface area contributed by atoms with Gasteiger partial charge < -0.3 is 4.74 Å². The Morgan fingerprint density at radius 1 is 1.24 bits per heavy atom. The predicted molar refractivity (Wildman–Crippen MR) is 86.2 cm³/mol. The maximum absolute atomic E-state index is 5.48. The van der Waals surface area contributed by atoms with Gasteiger partial charge >= 0.3 is 0 Å². The summed E-state index contributed by atoms with van der Waals surface area (Å²) in [5.41, 5.74) is 1.26. The van der Waals surface area contributed by atoms with Gasteiger partial charge in [-0.25, -0.2) is 0 Å². The van der Waals surface area contributed by atoms with Gasteiger partial charge in [-0.05, 0) is 40.8 Å². The molecule has 1 saturated heterocycles. The Morgan fingerprint density at radius 2 is 2.00 bits per heavy atom. The number of para-hydroxylation sites is 1. The number of benzene rings is 1. The third-order valence-corrected chi connectivity index (χ3v) is 6.25. The van der Waals surface area contributed by atoms with E-state index in [-0.39, 0.29) is 5.41 Å². The minimum Gasteiger partial charge on any atom is -0.381 e. The van der Waals surface area contributed by atoms with Crippen molar-refractivity contribution in [3.8, 4) is 5.69 Å². The molecule has 2 aromatic rings. The summed E-state index contributed by atoms with van der Waals surface area (Å²) >= 11 is 5.39. The number of hydrogen-bond donors (Lipinski definition) is 0. The third kappa shape index (κ3) is 3.46.